The van der Waals surface area contributed by atoms with Crippen molar-refractivity contribution in [3.63, 3.8) is 0 Å². The maximum absolute atomic E-state index is 11.7. The molecule has 0 aromatic carbocycles. The molecule has 16 heavy (non-hydrogen) atoms. The van der Waals surface area contributed by atoms with E-state index < -0.39 is 5.60 Å². The van der Waals surface area contributed by atoms with E-state index in [9.17, 15) is 9.90 Å². The molecule has 6 nitrogen and oxygen atoms in total. The molecule has 6 heteroatoms. The molecule has 1 aliphatic heterocycles. The van der Waals surface area contributed by atoms with Crippen molar-refractivity contribution >= 4 is 5.91 Å². The SMILES string of the molecule is CN1CCC(n2cc(C(C)(C)O)nn2)C1=O. The minimum atomic E-state index is -1.02. The number of likely N-dealkylation sites (tertiary alicyclic amines) is 1. The third-order valence-corrected chi connectivity index (χ3v) is 2.86. The van der Waals surface area contributed by atoms with Crippen LogP contribution in [0.4, 0.5) is 0 Å². The first-order chi connectivity index (χ1) is 7.39. The molecule has 1 saturated heterocycles. The van der Waals surface area contributed by atoms with Gasteiger partial charge in [-0.3, -0.25) is 4.79 Å². The van der Waals surface area contributed by atoms with Crippen molar-refractivity contribution in [3.8, 4) is 0 Å². The third-order valence-electron chi connectivity index (χ3n) is 2.86. The van der Waals surface area contributed by atoms with E-state index in [0.717, 1.165) is 13.0 Å². The van der Waals surface area contributed by atoms with Crippen LogP contribution in [-0.2, 0) is 10.4 Å². The average molecular weight is 224 g/mol. The first-order valence-corrected chi connectivity index (χ1v) is 5.29. The Kier molecular flexibility index (Phi) is 2.46. The third kappa shape index (κ3) is 1.80. The van der Waals surface area contributed by atoms with Crippen molar-refractivity contribution in [1.29, 1.82) is 0 Å². The first kappa shape index (κ1) is 11.1. The van der Waals surface area contributed by atoms with Crippen molar-refractivity contribution in [2.75, 3.05) is 13.6 Å². The van der Waals surface area contributed by atoms with Crippen molar-refractivity contribution in [2.24, 2.45) is 0 Å². The number of amides is 1. The summed E-state index contributed by atoms with van der Waals surface area (Å²) in [5.74, 6) is 0.0483. The van der Waals surface area contributed by atoms with Crippen molar-refractivity contribution in [2.45, 2.75) is 31.9 Å². The Morgan fingerprint density at radius 1 is 1.56 bits per heavy atom. The van der Waals surface area contributed by atoms with Gasteiger partial charge in [0, 0.05) is 13.6 Å². The number of hydrogen-bond acceptors (Lipinski definition) is 4. The average Bonchev–Trinajstić information content (AvgIpc) is 2.74. The van der Waals surface area contributed by atoms with Crippen LogP contribution in [0, 0.1) is 0 Å². The van der Waals surface area contributed by atoms with Crippen LogP contribution >= 0.6 is 0 Å². The van der Waals surface area contributed by atoms with Gasteiger partial charge in [0.2, 0.25) is 5.91 Å². The molecule has 0 saturated carbocycles. The van der Waals surface area contributed by atoms with Crippen molar-refractivity contribution in [1.82, 2.24) is 19.9 Å². The number of aliphatic hydroxyl groups is 1. The number of aromatic nitrogens is 3. The number of rotatable bonds is 2. The van der Waals surface area contributed by atoms with Gasteiger partial charge in [-0.05, 0) is 20.3 Å². The van der Waals surface area contributed by atoms with Gasteiger partial charge in [0.15, 0.2) is 0 Å². The summed E-state index contributed by atoms with van der Waals surface area (Å²) in [6.45, 7) is 4.02. The molecule has 2 rings (SSSR count). The second-order valence-corrected chi connectivity index (χ2v) is 4.71. The predicted octanol–water partition coefficient (Wildman–Crippen LogP) is -0.0913. The molecule has 0 spiro atoms. The zero-order valence-electron chi connectivity index (χ0n) is 9.71. The minimum Gasteiger partial charge on any atom is -0.384 e. The fourth-order valence-corrected chi connectivity index (χ4v) is 1.76. The Morgan fingerprint density at radius 3 is 2.69 bits per heavy atom. The zero-order valence-corrected chi connectivity index (χ0v) is 9.71. The Morgan fingerprint density at radius 2 is 2.25 bits per heavy atom. The van der Waals surface area contributed by atoms with E-state index in [4.69, 9.17) is 0 Å². The monoisotopic (exact) mass is 224 g/mol. The topological polar surface area (TPSA) is 71.2 Å². The standard InChI is InChI=1S/C10H16N4O2/c1-10(2,16)8-6-14(12-11-8)7-4-5-13(3)9(7)15/h6-7,16H,4-5H2,1-3H3. The van der Waals surface area contributed by atoms with Crippen LogP contribution < -0.4 is 0 Å². The maximum atomic E-state index is 11.7. The smallest absolute Gasteiger partial charge is 0.247 e. The summed E-state index contributed by atoms with van der Waals surface area (Å²) in [6.07, 6.45) is 2.38. The van der Waals surface area contributed by atoms with Crippen LogP contribution in [-0.4, -0.2) is 44.5 Å². The molecule has 2 heterocycles. The summed E-state index contributed by atoms with van der Waals surface area (Å²) in [6, 6.07) is -0.270. The summed E-state index contributed by atoms with van der Waals surface area (Å²) in [7, 11) is 1.77. The lowest BCUT2D eigenvalue weighted by Gasteiger charge is -2.12. The Hall–Kier alpha value is -1.43. The van der Waals surface area contributed by atoms with Gasteiger partial charge in [0.1, 0.15) is 17.3 Å². The fourth-order valence-electron chi connectivity index (χ4n) is 1.76. The number of carbonyl (C=O) groups is 1. The maximum Gasteiger partial charge on any atom is 0.247 e. The number of hydrogen-bond donors (Lipinski definition) is 1. The molecule has 1 fully saturated rings. The van der Waals surface area contributed by atoms with Gasteiger partial charge in [-0.25, -0.2) is 4.68 Å². The largest absolute Gasteiger partial charge is 0.384 e. The summed E-state index contributed by atoms with van der Waals surface area (Å²) < 4.78 is 1.54. The quantitative estimate of drug-likeness (QED) is 0.762. The van der Waals surface area contributed by atoms with Crippen LogP contribution in [0.3, 0.4) is 0 Å². The number of carbonyl (C=O) groups excluding carboxylic acids is 1. The fraction of sp³-hybridized carbons (Fsp3) is 0.700. The molecule has 88 valence electrons. The van der Waals surface area contributed by atoms with Crippen LogP contribution in [0.2, 0.25) is 0 Å². The van der Waals surface area contributed by atoms with E-state index >= 15 is 0 Å². The second-order valence-electron chi connectivity index (χ2n) is 4.71. The van der Waals surface area contributed by atoms with Gasteiger partial charge in [-0.1, -0.05) is 5.21 Å². The van der Waals surface area contributed by atoms with Gasteiger partial charge in [0.05, 0.1) is 6.20 Å². The van der Waals surface area contributed by atoms with E-state index in [1.54, 1.807) is 36.7 Å². The molecule has 0 aliphatic carbocycles. The highest BCUT2D eigenvalue weighted by Gasteiger charge is 2.32. The molecule has 0 radical (unpaired) electrons. The lowest BCUT2D eigenvalue weighted by Crippen LogP contribution is -2.24. The van der Waals surface area contributed by atoms with Crippen LogP contribution in [0.25, 0.3) is 0 Å². The molecule has 1 N–H and O–H groups in total. The number of nitrogens with zero attached hydrogens (tertiary/aromatic N) is 4. The molecule has 1 aromatic rings. The molecule has 1 aliphatic rings. The van der Waals surface area contributed by atoms with Gasteiger partial charge in [0.25, 0.3) is 0 Å². The lowest BCUT2D eigenvalue weighted by atomic mass is 10.1. The van der Waals surface area contributed by atoms with Crippen LogP contribution in [0.5, 0.6) is 0 Å². The molecule has 1 atom stereocenters. The summed E-state index contributed by atoms with van der Waals surface area (Å²) in [5.41, 5.74) is -0.541. The van der Waals surface area contributed by atoms with Gasteiger partial charge in [-0.2, -0.15) is 0 Å². The highest BCUT2D eigenvalue weighted by Crippen LogP contribution is 2.23. The number of likely N-dealkylation sites (N-methyl/N-ethyl adjacent to an activating group) is 1. The summed E-state index contributed by atoms with van der Waals surface area (Å²) in [5, 5.41) is 17.5. The molecular weight excluding hydrogens is 208 g/mol. The zero-order chi connectivity index (χ0) is 11.9. The Bertz CT molecular complexity index is 407. The second kappa shape index (κ2) is 3.55. The lowest BCUT2D eigenvalue weighted by molar-refractivity contribution is -0.129. The van der Waals surface area contributed by atoms with Gasteiger partial charge < -0.3 is 10.0 Å². The van der Waals surface area contributed by atoms with Crippen molar-refractivity contribution in [3.05, 3.63) is 11.9 Å². The van der Waals surface area contributed by atoms with E-state index in [0.29, 0.717) is 5.69 Å². The molecule has 0 bridgehead atoms. The van der Waals surface area contributed by atoms with Gasteiger partial charge in [-0.15, -0.1) is 5.10 Å². The molecule has 1 amide bonds. The highest BCUT2D eigenvalue weighted by atomic mass is 16.3. The van der Waals surface area contributed by atoms with Crippen LogP contribution in [0.1, 0.15) is 32.0 Å². The van der Waals surface area contributed by atoms with E-state index in [1.807, 2.05) is 0 Å². The Labute approximate surface area is 93.9 Å². The first-order valence-electron chi connectivity index (χ1n) is 5.29. The molecule has 1 unspecified atom stereocenters. The minimum absolute atomic E-state index is 0.0483. The van der Waals surface area contributed by atoms with E-state index in [1.165, 1.54) is 0 Å². The van der Waals surface area contributed by atoms with E-state index in [2.05, 4.69) is 10.3 Å². The molecular formula is C10H16N4O2. The summed E-state index contributed by atoms with van der Waals surface area (Å²) >= 11 is 0. The van der Waals surface area contributed by atoms with E-state index in [-0.39, 0.29) is 11.9 Å². The normalized spacial score (nSPS) is 21.9. The van der Waals surface area contributed by atoms with Crippen molar-refractivity contribution < 1.29 is 9.90 Å². The summed E-state index contributed by atoms with van der Waals surface area (Å²) in [4.78, 5) is 13.4. The van der Waals surface area contributed by atoms with Gasteiger partial charge >= 0.3 is 0 Å². The Balaban J connectivity index is 2.23. The van der Waals surface area contributed by atoms with Crippen LogP contribution in [0.15, 0.2) is 6.20 Å². The molecule has 1 aromatic heterocycles. The highest BCUT2D eigenvalue weighted by molar-refractivity contribution is 5.82. The predicted molar refractivity (Wildman–Crippen MR) is 56.6 cm³/mol.